The summed E-state index contributed by atoms with van der Waals surface area (Å²) >= 11 is 0. The zero-order chi connectivity index (χ0) is 10.6. The molecule has 0 unspecified atom stereocenters. The Morgan fingerprint density at radius 1 is 1.43 bits per heavy atom. The van der Waals surface area contributed by atoms with E-state index in [1.165, 1.54) is 0 Å². The molecule has 0 fully saturated rings. The van der Waals surface area contributed by atoms with E-state index in [1.807, 2.05) is 26.8 Å². The molecule has 0 spiro atoms. The van der Waals surface area contributed by atoms with Gasteiger partial charge in [0, 0.05) is 12.4 Å². The smallest absolute Gasteiger partial charge is 0.166 e. The minimum absolute atomic E-state index is 0.424. The van der Waals surface area contributed by atoms with Crippen molar-refractivity contribution in [2.75, 3.05) is 0 Å². The summed E-state index contributed by atoms with van der Waals surface area (Å²) in [5.41, 5.74) is 2.19. The number of nitriles is 1. The van der Waals surface area contributed by atoms with Crippen molar-refractivity contribution in [3.05, 3.63) is 29.8 Å². The second-order valence-electron chi connectivity index (χ2n) is 2.51. The van der Waals surface area contributed by atoms with Crippen LogP contribution in [0.15, 0.2) is 18.6 Å². The van der Waals surface area contributed by atoms with Gasteiger partial charge in [0.2, 0.25) is 0 Å². The number of rotatable bonds is 0. The van der Waals surface area contributed by atoms with Crippen molar-refractivity contribution in [1.82, 2.24) is 14.6 Å². The van der Waals surface area contributed by atoms with E-state index in [0.717, 1.165) is 11.1 Å². The maximum Gasteiger partial charge on any atom is 0.166 e. The molecular weight excluding hydrogens is 176 g/mol. The Balaban J connectivity index is 0.000000461. The van der Waals surface area contributed by atoms with Crippen LogP contribution in [-0.4, -0.2) is 14.6 Å². The van der Waals surface area contributed by atoms with E-state index >= 15 is 0 Å². The van der Waals surface area contributed by atoms with Gasteiger partial charge in [0.1, 0.15) is 11.6 Å². The van der Waals surface area contributed by atoms with Gasteiger partial charge < -0.3 is 0 Å². The van der Waals surface area contributed by atoms with E-state index in [1.54, 1.807) is 23.1 Å². The van der Waals surface area contributed by atoms with Crippen molar-refractivity contribution in [2.45, 2.75) is 20.8 Å². The van der Waals surface area contributed by atoms with E-state index in [-0.39, 0.29) is 0 Å². The summed E-state index contributed by atoms with van der Waals surface area (Å²) in [6.45, 7) is 5.91. The van der Waals surface area contributed by atoms with Crippen LogP contribution in [-0.2, 0) is 0 Å². The first kappa shape index (κ1) is 10.2. The van der Waals surface area contributed by atoms with Crippen LogP contribution in [0.2, 0.25) is 0 Å². The molecule has 0 aromatic carbocycles. The highest BCUT2D eigenvalue weighted by Gasteiger charge is 2.04. The minimum Gasteiger partial charge on any atom is -0.242 e. The Morgan fingerprint density at radius 3 is 2.79 bits per heavy atom. The van der Waals surface area contributed by atoms with Crippen molar-refractivity contribution in [3.8, 4) is 6.07 Å². The van der Waals surface area contributed by atoms with Gasteiger partial charge in [-0.15, -0.1) is 0 Å². The van der Waals surface area contributed by atoms with Crippen molar-refractivity contribution >= 4 is 5.52 Å². The van der Waals surface area contributed by atoms with E-state index in [2.05, 4.69) is 10.1 Å². The maximum atomic E-state index is 8.72. The molecule has 0 atom stereocenters. The molecule has 2 heterocycles. The van der Waals surface area contributed by atoms with Crippen molar-refractivity contribution in [3.63, 3.8) is 0 Å². The SMILES string of the molecule is CC.Cc1cnn2ccnc(C#N)c12. The maximum absolute atomic E-state index is 8.72. The van der Waals surface area contributed by atoms with Crippen molar-refractivity contribution < 1.29 is 0 Å². The predicted octanol–water partition coefficient (Wildman–Crippen LogP) is 1.94. The van der Waals surface area contributed by atoms with Crippen LogP contribution in [0.1, 0.15) is 25.1 Å². The van der Waals surface area contributed by atoms with Gasteiger partial charge in [-0.25, -0.2) is 9.50 Å². The van der Waals surface area contributed by atoms with Crippen LogP contribution < -0.4 is 0 Å². The fourth-order valence-corrected chi connectivity index (χ4v) is 1.17. The molecule has 4 heteroatoms. The van der Waals surface area contributed by atoms with Gasteiger partial charge in [-0.3, -0.25) is 0 Å². The number of aromatic nitrogens is 3. The molecule has 2 rings (SSSR count). The highest BCUT2D eigenvalue weighted by atomic mass is 15.2. The van der Waals surface area contributed by atoms with Crippen molar-refractivity contribution in [2.24, 2.45) is 0 Å². The quantitative estimate of drug-likeness (QED) is 0.634. The average Bonchev–Trinajstić information content (AvgIpc) is 2.64. The molecule has 0 bridgehead atoms. The highest BCUT2D eigenvalue weighted by molar-refractivity contribution is 5.61. The van der Waals surface area contributed by atoms with Gasteiger partial charge in [0.05, 0.1) is 6.20 Å². The molecular formula is C10H12N4. The molecule has 0 amide bonds. The highest BCUT2D eigenvalue weighted by Crippen LogP contribution is 2.10. The first-order valence-electron chi connectivity index (χ1n) is 4.52. The second-order valence-corrected chi connectivity index (χ2v) is 2.51. The Bertz CT molecular complexity index is 464. The molecule has 0 radical (unpaired) electrons. The third kappa shape index (κ3) is 1.57. The van der Waals surface area contributed by atoms with Crippen LogP contribution >= 0.6 is 0 Å². The monoisotopic (exact) mass is 188 g/mol. The molecule has 4 nitrogen and oxygen atoms in total. The number of hydrogen-bond donors (Lipinski definition) is 0. The molecule has 14 heavy (non-hydrogen) atoms. The van der Waals surface area contributed by atoms with Crippen LogP contribution in [0.5, 0.6) is 0 Å². The van der Waals surface area contributed by atoms with Gasteiger partial charge >= 0.3 is 0 Å². The topological polar surface area (TPSA) is 54.0 Å². The summed E-state index contributed by atoms with van der Waals surface area (Å²) in [7, 11) is 0. The van der Waals surface area contributed by atoms with Crippen LogP contribution in [0.3, 0.4) is 0 Å². The normalized spacial score (nSPS) is 9.00. The summed E-state index contributed by atoms with van der Waals surface area (Å²) in [6.07, 6.45) is 5.01. The molecule has 0 aliphatic rings. The van der Waals surface area contributed by atoms with E-state index in [4.69, 9.17) is 5.26 Å². The molecule has 0 saturated carbocycles. The fraction of sp³-hybridized carbons (Fsp3) is 0.300. The lowest BCUT2D eigenvalue weighted by Crippen LogP contribution is -1.92. The molecule has 0 N–H and O–H groups in total. The van der Waals surface area contributed by atoms with Gasteiger partial charge in [0.25, 0.3) is 0 Å². The lowest BCUT2D eigenvalue weighted by molar-refractivity contribution is 0.941. The number of hydrogen-bond acceptors (Lipinski definition) is 3. The standard InChI is InChI=1S/C8H6N4.C2H6/c1-6-5-11-12-3-2-10-7(4-9)8(6)12;1-2/h2-3,5H,1H3;1-2H3. The molecule has 2 aromatic rings. The summed E-state index contributed by atoms with van der Waals surface area (Å²) in [4.78, 5) is 3.94. The summed E-state index contributed by atoms with van der Waals surface area (Å²) < 4.78 is 1.65. The Morgan fingerprint density at radius 2 is 2.14 bits per heavy atom. The zero-order valence-electron chi connectivity index (χ0n) is 8.52. The lowest BCUT2D eigenvalue weighted by atomic mass is 10.3. The predicted molar refractivity (Wildman–Crippen MR) is 53.8 cm³/mol. The molecule has 0 aliphatic carbocycles. The van der Waals surface area contributed by atoms with E-state index in [9.17, 15) is 0 Å². The Kier molecular flexibility index (Phi) is 3.19. The van der Waals surface area contributed by atoms with Gasteiger partial charge in [0.15, 0.2) is 5.69 Å². The van der Waals surface area contributed by atoms with Crippen LogP contribution in [0, 0.1) is 18.3 Å². The zero-order valence-corrected chi connectivity index (χ0v) is 8.52. The second kappa shape index (κ2) is 4.38. The summed E-state index contributed by atoms with van der Waals surface area (Å²) in [5, 5.41) is 12.8. The summed E-state index contributed by atoms with van der Waals surface area (Å²) in [6, 6.07) is 2.02. The van der Waals surface area contributed by atoms with E-state index < -0.39 is 0 Å². The molecule has 72 valence electrons. The third-order valence-electron chi connectivity index (χ3n) is 1.72. The summed E-state index contributed by atoms with van der Waals surface area (Å²) in [5.74, 6) is 0. The largest absolute Gasteiger partial charge is 0.242 e. The lowest BCUT2D eigenvalue weighted by Gasteiger charge is -1.93. The first-order chi connectivity index (χ1) is 6.83. The molecule has 0 saturated heterocycles. The third-order valence-corrected chi connectivity index (χ3v) is 1.72. The van der Waals surface area contributed by atoms with Gasteiger partial charge in [-0.1, -0.05) is 13.8 Å². The molecule has 2 aromatic heterocycles. The Hall–Kier alpha value is -1.89. The fourth-order valence-electron chi connectivity index (χ4n) is 1.17. The first-order valence-corrected chi connectivity index (χ1v) is 4.52. The minimum atomic E-state index is 0.424. The van der Waals surface area contributed by atoms with Crippen LogP contribution in [0.25, 0.3) is 5.52 Å². The number of nitrogens with zero attached hydrogens (tertiary/aromatic N) is 4. The van der Waals surface area contributed by atoms with E-state index in [0.29, 0.717) is 5.69 Å². The number of fused-ring (bicyclic) bond motifs is 1. The van der Waals surface area contributed by atoms with Gasteiger partial charge in [-0.2, -0.15) is 10.4 Å². The Labute approximate surface area is 82.8 Å². The van der Waals surface area contributed by atoms with Crippen LogP contribution in [0.4, 0.5) is 0 Å². The van der Waals surface area contributed by atoms with Crippen molar-refractivity contribution in [1.29, 1.82) is 5.26 Å². The number of aryl methyl sites for hydroxylation is 1. The molecule has 0 aliphatic heterocycles. The average molecular weight is 188 g/mol. The van der Waals surface area contributed by atoms with Gasteiger partial charge in [-0.05, 0) is 12.5 Å².